The van der Waals surface area contributed by atoms with E-state index < -0.39 is 0 Å². The van der Waals surface area contributed by atoms with Crippen LogP contribution in [-0.4, -0.2) is 47.4 Å². The highest BCUT2D eigenvalue weighted by atomic mass is 16.5. The van der Waals surface area contributed by atoms with Gasteiger partial charge in [-0.2, -0.15) is 0 Å². The predicted molar refractivity (Wildman–Crippen MR) is 118 cm³/mol. The zero-order valence-corrected chi connectivity index (χ0v) is 18.6. The minimum absolute atomic E-state index is 0.0740. The molecule has 1 atom stereocenters. The van der Waals surface area contributed by atoms with E-state index in [0.29, 0.717) is 43.9 Å². The van der Waals surface area contributed by atoms with Gasteiger partial charge in [0.2, 0.25) is 11.8 Å². The maximum atomic E-state index is 13.2. The van der Waals surface area contributed by atoms with E-state index in [1.807, 2.05) is 36.1 Å². The molecule has 1 aromatic carbocycles. The summed E-state index contributed by atoms with van der Waals surface area (Å²) in [5, 5.41) is 0. The van der Waals surface area contributed by atoms with Gasteiger partial charge in [0.05, 0.1) is 13.2 Å². The molecule has 3 heterocycles. The molecule has 1 unspecified atom stereocenters. The Kier molecular flexibility index (Phi) is 6.20. The van der Waals surface area contributed by atoms with E-state index in [4.69, 9.17) is 14.7 Å². The molecule has 1 fully saturated rings. The molecule has 0 bridgehead atoms. The van der Waals surface area contributed by atoms with Crippen LogP contribution in [0.2, 0.25) is 0 Å². The number of hydrogen-bond acceptors (Lipinski definition) is 5. The third-order valence-electron chi connectivity index (χ3n) is 6.41. The monoisotopic (exact) mass is 422 g/mol. The maximum absolute atomic E-state index is 13.2. The average molecular weight is 423 g/mol. The summed E-state index contributed by atoms with van der Waals surface area (Å²) in [5.41, 5.74) is 2.98. The number of fused-ring (bicyclic) bond motifs is 1. The van der Waals surface area contributed by atoms with Gasteiger partial charge in [0.1, 0.15) is 11.6 Å². The van der Waals surface area contributed by atoms with Crippen molar-refractivity contribution in [2.75, 3.05) is 25.6 Å². The van der Waals surface area contributed by atoms with Crippen molar-refractivity contribution in [1.29, 1.82) is 0 Å². The standard InChI is InChI=1S/C24H30N4O3/c1-16-18-12-14-21(29)27(2)24(18)26-23(25-16)19-9-6-7-15-28(19)22(30)13-11-17-8-4-5-10-20(17)31-3/h4-5,8,10,19H,6-7,9,11-15H2,1-3H3. The summed E-state index contributed by atoms with van der Waals surface area (Å²) in [7, 11) is 3.42. The number of methoxy groups -OCH3 is 1. The first kappa shape index (κ1) is 21.3. The fraction of sp³-hybridized carbons (Fsp3) is 0.500. The van der Waals surface area contributed by atoms with Crippen LogP contribution in [0, 0.1) is 6.92 Å². The second-order valence-electron chi connectivity index (χ2n) is 8.33. The van der Waals surface area contributed by atoms with Crippen molar-refractivity contribution >= 4 is 17.6 Å². The van der Waals surface area contributed by atoms with E-state index >= 15 is 0 Å². The molecule has 2 amide bonds. The van der Waals surface area contributed by atoms with Crippen molar-refractivity contribution in [3.05, 3.63) is 46.9 Å². The summed E-state index contributed by atoms with van der Waals surface area (Å²) in [5.74, 6) is 2.35. The number of piperidine rings is 1. The highest BCUT2D eigenvalue weighted by Gasteiger charge is 2.32. The van der Waals surface area contributed by atoms with Gasteiger partial charge in [-0.25, -0.2) is 9.97 Å². The highest BCUT2D eigenvalue weighted by molar-refractivity contribution is 5.94. The Balaban J connectivity index is 1.56. The molecule has 1 aromatic heterocycles. The van der Waals surface area contributed by atoms with Gasteiger partial charge in [0.15, 0.2) is 5.82 Å². The van der Waals surface area contributed by atoms with Gasteiger partial charge < -0.3 is 9.64 Å². The minimum Gasteiger partial charge on any atom is -0.496 e. The van der Waals surface area contributed by atoms with Crippen LogP contribution in [0.25, 0.3) is 0 Å². The van der Waals surface area contributed by atoms with Crippen LogP contribution >= 0.6 is 0 Å². The molecular weight excluding hydrogens is 392 g/mol. The fourth-order valence-electron chi connectivity index (χ4n) is 4.63. The summed E-state index contributed by atoms with van der Waals surface area (Å²) in [6.45, 7) is 2.69. The lowest BCUT2D eigenvalue weighted by Crippen LogP contribution is -2.40. The van der Waals surface area contributed by atoms with Gasteiger partial charge in [-0.15, -0.1) is 0 Å². The Bertz CT molecular complexity index is 991. The molecule has 7 heteroatoms. The zero-order chi connectivity index (χ0) is 22.0. The second kappa shape index (κ2) is 9.04. The Labute approximate surface area is 183 Å². The van der Waals surface area contributed by atoms with Gasteiger partial charge in [0.25, 0.3) is 0 Å². The number of para-hydroxylation sites is 1. The lowest BCUT2D eigenvalue weighted by Gasteiger charge is -2.36. The molecule has 0 radical (unpaired) electrons. The molecule has 0 saturated carbocycles. The lowest BCUT2D eigenvalue weighted by molar-refractivity contribution is -0.135. The molecular formula is C24H30N4O3. The number of rotatable bonds is 5. The molecule has 31 heavy (non-hydrogen) atoms. The minimum atomic E-state index is -0.145. The van der Waals surface area contributed by atoms with Crippen LogP contribution in [0.1, 0.15) is 60.8 Å². The van der Waals surface area contributed by atoms with Gasteiger partial charge in [-0.3, -0.25) is 14.5 Å². The van der Waals surface area contributed by atoms with Gasteiger partial charge >= 0.3 is 0 Å². The zero-order valence-electron chi connectivity index (χ0n) is 18.6. The lowest BCUT2D eigenvalue weighted by atomic mass is 9.98. The van der Waals surface area contributed by atoms with E-state index in [1.165, 1.54) is 0 Å². The number of aryl methyl sites for hydroxylation is 2. The fourth-order valence-corrected chi connectivity index (χ4v) is 4.63. The normalized spacial score (nSPS) is 18.7. The first-order valence-electron chi connectivity index (χ1n) is 11.0. The van der Waals surface area contributed by atoms with Crippen LogP contribution in [0.3, 0.4) is 0 Å². The molecule has 7 nitrogen and oxygen atoms in total. The van der Waals surface area contributed by atoms with Crippen LogP contribution < -0.4 is 9.64 Å². The molecule has 164 valence electrons. The number of aromatic nitrogens is 2. The van der Waals surface area contributed by atoms with Gasteiger partial charge in [-0.05, 0) is 50.7 Å². The summed E-state index contributed by atoms with van der Waals surface area (Å²) < 4.78 is 5.42. The summed E-state index contributed by atoms with van der Waals surface area (Å²) in [6.07, 6.45) is 5.08. The van der Waals surface area contributed by atoms with E-state index in [-0.39, 0.29) is 17.9 Å². The summed E-state index contributed by atoms with van der Waals surface area (Å²) >= 11 is 0. The maximum Gasteiger partial charge on any atom is 0.228 e. The van der Waals surface area contributed by atoms with Crippen LogP contribution in [-0.2, 0) is 22.4 Å². The first-order valence-corrected chi connectivity index (χ1v) is 11.0. The Morgan fingerprint density at radius 1 is 1.19 bits per heavy atom. The van der Waals surface area contributed by atoms with Gasteiger partial charge in [-0.1, -0.05) is 18.2 Å². The average Bonchev–Trinajstić information content (AvgIpc) is 2.80. The van der Waals surface area contributed by atoms with Crippen LogP contribution in [0.5, 0.6) is 5.75 Å². The van der Waals surface area contributed by atoms with Crippen molar-refractivity contribution in [3.8, 4) is 5.75 Å². The Morgan fingerprint density at radius 2 is 2.00 bits per heavy atom. The van der Waals surface area contributed by atoms with Crippen molar-refractivity contribution in [2.24, 2.45) is 0 Å². The van der Waals surface area contributed by atoms with E-state index in [0.717, 1.165) is 41.8 Å². The van der Waals surface area contributed by atoms with E-state index in [1.54, 1.807) is 19.1 Å². The van der Waals surface area contributed by atoms with Crippen molar-refractivity contribution in [3.63, 3.8) is 0 Å². The molecule has 1 saturated heterocycles. The topological polar surface area (TPSA) is 75.6 Å². The largest absolute Gasteiger partial charge is 0.496 e. The molecule has 4 rings (SSSR count). The quantitative estimate of drug-likeness (QED) is 0.738. The summed E-state index contributed by atoms with van der Waals surface area (Å²) in [6, 6.07) is 7.68. The van der Waals surface area contributed by atoms with E-state index in [9.17, 15) is 9.59 Å². The highest BCUT2D eigenvalue weighted by Crippen LogP contribution is 2.34. The van der Waals surface area contributed by atoms with Gasteiger partial charge in [0, 0.05) is 37.7 Å². The molecule has 2 aliphatic heterocycles. The number of anilines is 1. The van der Waals surface area contributed by atoms with Crippen molar-refractivity contribution in [1.82, 2.24) is 14.9 Å². The number of ether oxygens (including phenoxy) is 1. The molecule has 0 N–H and O–H groups in total. The third kappa shape index (κ3) is 4.27. The third-order valence-corrected chi connectivity index (χ3v) is 6.41. The van der Waals surface area contributed by atoms with Crippen molar-refractivity contribution in [2.45, 2.75) is 57.9 Å². The molecule has 0 spiro atoms. The molecule has 2 aliphatic rings. The number of carbonyl (C=O) groups excluding carboxylic acids is 2. The number of nitrogens with zero attached hydrogens (tertiary/aromatic N) is 4. The molecule has 0 aliphatic carbocycles. The van der Waals surface area contributed by atoms with Crippen molar-refractivity contribution < 1.29 is 14.3 Å². The molecule has 2 aromatic rings. The predicted octanol–water partition coefficient (Wildman–Crippen LogP) is 3.39. The van der Waals surface area contributed by atoms with E-state index in [2.05, 4.69) is 0 Å². The summed E-state index contributed by atoms with van der Waals surface area (Å²) in [4.78, 5) is 38.5. The van der Waals surface area contributed by atoms with Crippen LogP contribution in [0.4, 0.5) is 5.82 Å². The first-order chi connectivity index (χ1) is 15.0. The second-order valence-corrected chi connectivity index (χ2v) is 8.33. The number of likely N-dealkylation sites (tertiary alicyclic amines) is 1. The van der Waals surface area contributed by atoms with Crippen LogP contribution in [0.15, 0.2) is 24.3 Å². The number of benzene rings is 1. The Morgan fingerprint density at radius 3 is 2.81 bits per heavy atom. The smallest absolute Gasteiger partial charge is 0.228 e. The number of carbonyl (C=O) groups is 2. The Hall–Kier alpha value is -2.96. The number of hydrogen-bond donors (Lipinski definition) is 0. The SMILES string of the molecule is COc1ccccc1CCC(=O)N1CCCCC1c1nc(C)c2c(n1)N(C)C(=O)CC2. The number of amides is 2.